The summed E-state index contributed by atoms with van der Waals surface area (Å²) in [6, 6.07) is 6.93. The zero-order valence-electron chi connectivity index (χ0n) is 11.3. The first-order valence-corrected chi connectivity index (χ1v) is 7.73. The summed E-state index contributed by atoms with van der Waals surface area (Å²) < 4.78 is 5.65. The molecule has 1 fully saturated rings. The molecule has 1 aromatic rings. The topological polar surface area (TPSA) is 35.2 Å². The van der Waals surface area contributed by atoms with Crippen LogP contribution in [0.5, 0.6) is 0 Å². The third kappa shape index (κ3) is 4.01. The van der Waals surface area contributed by atoms with Crippen LogP contribution in [0.1, 0.15) is 30.9 Å². The number of rotatable bonds is 5. The van der Waals surface area contributed by atoms with Gasteiger partial charge in [0.1, 0.15) is 0 Å². The second-order valence-electron chi connectivity index (χ2n) is 5.23. The maximum atomic E-state index is 5.83. The Balaban J connectivity index is 1.92. The maximum Gasteiger partial charge on any atom is 0.0669 e. The highest BCUT2D eigenvalue weighted by molar-refractivity contribution is 7.99. The van der Waals surface area contributed by atoms with Crippen molar-refractivity contribution in [1.82, 2.24) is 0 Å². The molecule has 1 aliphatic heterocycles. The Kier molecular flexibility index (Phi) is 5.10. The van der Waals surface area contributed by atoms with Crippen molar-refractivity contribution in [2.75, 3.05) is 12.4 Å². The van der Waals surface area contributed by atoms with Crippen LogP contribution in [0.25, 0.3) is 0 Å². The van der Waals surface area contributed by atoms with Gasteiger partial charge in [-0.05, 0) is 50.3 Å². The molecule has 2 N–H and O–H groups in total. The summed E-state index contributed by atoms with van der Waals surface area (Å²) in [6.45, 7) is 5.18. The Hall–Kier alpha value is -0.510. The Bertz CT molecular complexity index is 386. The third-order valence-electron chi connectivity index (χ3n) is 3.25. The van der Waals surface area contributed by atoms with Crippen LogP contribution in [0.2, 0.25) is 0 Å². The first-order valence-electron chi connectivity index (χ1n) is 6.74. The number of benzene rings is 1. The van der Waals surface area contributed by atoms with E-state index in [0.29, 0.717) is 6.10 Å². The van der Waals surface area contributed by atoms with Crippen LogP contribution < -0.4 is 5.73 Å². The van der Waals surface area contributed by atoms with Crippen LogP contribution in [-0.2, 0) is 11.2 Å². The molecular weight excluding hydrogens is 242 g/mol. The van der Waals surface area contributed by atoms with Gasteiger partial charge in [0.25, 0.3) is 0 Å². The van der Waals surface area contributed by atoms with Crippen molar-refractivity contribution in [1.29, 1.82) is 0 Å². The molecule has 18 heavy (non-hydrogen) atoms. The molecule has 0 aliphatic carbocycles. The lowest BCUT2D eigenvalue weighted by atomic mass is 10.1. The van der Waals surface area contributed by atoms with E-state index in [4.69, 9.17) is 10.5 Å². The summed E-state index contributed by atoms with van der Waals surface area (Å²) in [4.78, 5) is 1.37. The summed E-state index contributed by atoms with van der Waals surface area (Å²) in [5.74, 6) is 1.08. The third-order valence-corrected chi connectivity index (χ3v) is 4.55. The Morgan fingerprint density at radius 2 is 2.33 bits per heavy atom. The summed E-state index contributed by atoms with van der Waals surface area (Å²) in [5.41, 5.74) is 8.53. The second-order valence-corrected chi connectivity index (χ2v) is 6.29. The van der Waals surface area contributed by atoms with E-state index in [1.54, 1.807) is 0 Å². The minimum atomic E-state index is 0.231. The van der Waals surface area contributed by atoms with Crippen molar-refractivity contribution in [3.05, 3.63) is 29.3 Å². The smallest absolute Gasteiger partial charge is 0.0669 e. The molecule has 0 spiro atoms. The van der Waals surface area contributed by atoms with Crippen LogP contribution in [0.3, 0.4) is 0 Å². The molecule has 1 aromatic carbocycles. The number of ether oxygens (including phenoxy) is 1. The summed E-state index contributed by atoms with van der Waals surface area (Å²) in [6.07, 6.45) is 3.85. The fourth-order valence-electron chi connectivity index (χ4n) is 2.33. The lowest BCUT2D eigenvalue weighted by Crippen LogP contribution is -2.17. The Labute approximate surface area is 114 Å². The minimum Gasteiger partial charge on any atom is -0.377 e. The lowest BCUT2D eigenvalue weighted by Gasteiger charge is -2.12. The predicted molar refractivity (Wildman–Crippen MR) is 78.2 cm³/mol. The molecular formula is C15H23NOS. The van der Waals surface area contributed by atoms with Crippen molar-refractivity contribution >= 4 is 11.8 Å². The molecule has 3 heteroatoms. The Morgan fingerprint density at radius 1 is 1.50 bits per heavy atom. The predicted octanol–water partition coefficient (Wildman–Crippen LogP) is 3.16. The molecule has 1 aliphatic rings. The quantitative estimate of drug-likeness (QED) is 0.831. The first kappa shape index (κ1) is 13.9. The van der Waals surface area contributed by atoms with E-state index >= 15 is 0 Å². The highest BCUT2D eigenvalue weighted by atomic mass is 32.2. The van der Waals surface area contributed by atoms with Crippen LogP contribution in [0.4, 0.5) is 0 Å². The first-order chi connectivity index (χ1) is 8.65. The number of hydrogen-bond acceptors (Lipinski definition) is 3. The molecule has 2 unspecified atom stereocenters. The molecule has 2 nitrogen and oxygen atoms in total. The number of thioether (sulfide) groups is 1. The van der Waals surface area contributed by atoms with Gasteiger partial charge in [-0.1, -0.05) is 12.1 Å². The van der Waals surface area contributed by atoms with E-state index in [1.165, 1.54) is 28.9 Å². The molecule has 0 saturated carbocycles. The van der Waals surface area contributed by atoms with E-state index in [2.05, 4.69) is 32.0 Å². The summed E-state index contributed by atoms with van der Waals surface area (Å²) in [5, 5.41) is 0. The van der Waals surface area contributed by atoms with E-state index in [0.717, 1.165) is 18.8 Å². The van der Waals surface area contributed by atoms with Crippen LogP contribution in [0.15, 0.2) is 23.1 Å². The van der Waals surface area contributed by atoms with Crippen molar-refractivity contribution in [3.8, 4) is 0 Å². The van der Waals surface area contributed by atoms with Gasteiger partial charge >= 0.3 is 0 Å². The molecule has 1 heterocycles. The van der Waals surface area contributed by atoms with Gasteiger partial charge in [-0.25, -0.2) is 0 Å². The van der Waals surface area contributed by atoms with Crippen LogP contribution in [0, 0.1) is 6.92 Å². The summed E-state index contributed by atoms with van der Waals surface area (Å²) in [7, 11) is 0. The van der Waals surface area contributed by atoms with Crippen LogP contribution >= 0.6 is 11.8 Å². The maximum absolute atomic E-state index is 5.83. The van der Waals surface area contributed by atoms with Crippen molar-refractivity contribution in [2.45, 2.75) is 50.2 Å². The van der Waals surface area contributed by atoms with E-state index in [1.807, 2.05) is 11.8 Å². The monoisotopic (exact) mass is 265 g/mol. The summed E-state index contributed by atoms with van der Waals surface area (Å²) >= 11 is 1.92. The van der Waals surface area contributed by atoms with Gasteiger partial charge in [-0.15, -0.1) is 11.8 Å². The molecule has 0 aromatic heterocycles. The fraction of sp³-hybridized carbons (Fsp3) is 0.600. The van der Waals surface area contributed by atoms with Crippen LogP contribution in [-0.4, -0.2) is 24.5 Å². The molecule has 0 amide bonds. The number of aryl methyl sites for hydroxylation is 1. The largest absolute Gasteiger partial charge is 0.377 e. The van der Waals surface area contributed by atoms with E-state index < -0.39 is 0 Å². The molecule has 100 valence electrons. The minimum absolute atomic E-state index is 0.231. The molecule has 0 radical (unpaired) electrons. The molecule has 2 atom stereocenters. The van der Waals surface area contributed by atoms with Gasteiger partial charge in [0, 0.05) is 23.3 Å². The van der Waals surface area contributed by atoms with Gasteiger partial charge in [-0.2, -0.15) is 0 Å². The highest BCUT2D eigenvalue weighted by Gasteiger charge is 2.15. The zero-order valence-corrected chi connectivity index (χ0v) is 12.1. The number of hydrogen-bond donors (Lipinski definition) is 1. The van der Waals surface area contributed by atoms with Crippen molar-refractivity contribution in [3.63, 3.8) is 0 Å². The van der Waals surface area contributed by atoms with E-state index in [9.17, 15) is 0 Å². The molecule has 2 rings (SSSR count). The van der Waals surface area contributed by atoms with Gasteiger partial charge < -0.3 is 10.5 Å². The van der Waals surface area contributed by atoms with E-state index in [-0.39, 0.29) is 6.04 Å². The second kappa shape index (κ2) is 6.60. The number of nitrogens with two attached hydrogens (primary N) is 1. The highest BCUT2D eigenvalue weighted by Crippen LogP contribution is 2.27. The molecule has 1 saturated heterocycles. The lowest BCUT2D eigenvalue weighted by molar-refractivity contribution is 0.129. The fourth-order valence-corrected chi connectivity index (χ4v) is 3.41. The average molecular weight is 265 g/mol. The molecule has 0 bridgehead atoms. The zero-order chi connectivity index (χ0) is 13.0. The SMILES string of the molecule is Cc1cc(CC(C)N)ccc1SCC1CCCO1. The van der Waals surface area contributed by atoms with Crippen molar-refractivity contribution < 1.29 is 4.74 Å². The van der Waals surface area contributed by atoms with Crippen molar-refractivity contribution in [2.24, 2.45) is 5.73 Å². The average Bonchev–Trinajstić information content (AvgIpc) is 2.80. The van der Waals surface area contributed by atoms with Gasteiger partial charge in [0.2, 0.25) is 0 Å². The van der Waals surface area contributed by atoms with Gasteiger partial charge in [0.15, 0.2) is 0 Å². The standard InChI is InChI=1S/C15H23NOS/c1-11-8-13(9-12(2)16)5-6-15(11)18-10-14-4-3-7-17-14/h5-6,8,12,14H,3-4,7,9-10,16H2,1-2H3. The Morgan fingerprint density at radius 3 is 2.94 bits per heavy atom. The van der Waals surface area contributed by atoms with Gasteiger partial charge in [-0.3, -0.25) is 0 Å². The normalized spacial score (nSPS) is 21.2. The van der Waals surface area contributed by atoms with Gasteiger partial charge in [0.05, 0.1) is 6.10 Å².